The van der Waals surface area contributed by atoms with Crippen LogP contribution < -0.4 is 0 Å². The summed E-state index contributed by atoms with van der Waals surface area (Å²) in [7, 11) is 0. The van der Waals surface area contributed by atoms with E-state index >= 15 is 0 Å². The molecule has 4 heteroatoms. The maximum Gasteiger partial charge on any atom is 0.274 e. The van der Waals surface area contributed by atoms with Crippen LogP contribution >= 0.6 is 0 Å². The van der Waals surface area contributed by atoms with Gasteiger partial charge in [-0.3, -0.25) is 9.78 Å². The van der Waals surface area contributed by atoms with Crippen molar-refractivity contribution < 1.29 is 4.79 Å². The molecule has 1 unspecified atom stereocenters. The topological polar surface area (TPSA) is 46.1 Å². The van der Waals surface area contributed by atoms with Gasteiger partial charge in [0, 0.05) is 25.0 Å². The van der Waals surface area contributed by atoms with Crippen LogP contribution in [0.25, 0.3) is 0 Å². The monoisotopic (exact) mass is 283 g/mol. The van der Waals surface area contributed by atoms with E-state index in [1.165, 1.54) is 11.8 Å². The van der Waals surface area contributed by atoms with Crippen LogP contribution in [0.1, 0.15) is 36.3 Å². The summed E-state index contributed by atoms with van der Waals surface area (Å²) in [6.07, 6.45) is 6.43. The van der Waals surface area contributed by atoms with E-state index in [4.69, 9.17) is 0 Å². The van der Waals surface area contributed by atoms with Crippen molar-refractivity contribution in [1.29, 1.82) is 0 Å². The average Bonchev–Trinajstić information content (AvgIpc) is 2.56. The van der Waals surface area contributed by atoms with Gasteiger partial charge in [0.05, 0.1) is 6.20 Å². The first kappa shape index (κ1) is 15.2. The maximum atomic E-state index is 12.6. The van der Waals surface area contributed by atoms with E-state index in [1.54, 1.807) is 12.4 Å². The second-order valence-corrected chi connectivity index (χ2v) is 4.93. The van der Waals surface area contributed by atoms with Crippen molar-refractivity contribution >= 4 is 5.91 Å². The van der Waals surface area contributed by atoms with Crippen LogP contribution in [0.4, 0.5) is 0 Å². The molecule has 0 N–H and O–H groups in total. The quantitative estimate of drug-likeness (QED) is 0.819. The molecule has 0 aliphatic heterocycles. The lowest BCUT2D eigenvalue weighted by molar-refractivity contribution is 0.0677. The molecule has 0 bridgehead atoms. The van der Waals surface area contributed by atoms with E-state index in [9.17, 15) is 4.79 Å². The summed E-state index contributed by atoms with van der Waals surface area (Å²) < 4.78 is 0. The zero-order chi connectivity index (χ0) is 15.1. The third-order valence-corrected chi connectivity index (χ3v) is 3.61. The van der Waals surface area contributed by atoms with Gasteiger partial charge in [-0.05, 0) is 25.3 Å². The second-order valence-electron chi connectivity index (χ2n) is 4.93. The summed E-state index contributed by atoms with van der Waals surface area (Å²) in [6.45, 7) is 4.78. The first-order chi connectivity index (χ1) is 10.3. The van der Waals surface area contributed by atoms with Gasteiger partial charge >= 0.3 is 0 Å². The number of aromatic nitrogens is 2. The van der Waals surface area contributed by atoms with Crippen molar-refractivity contribution in [3.63, 3.8) is 0 Å². The Hall–Kier alpha value is -2.23. The molecule has 1 amide bonds. The fourth-order valence-corrected chi connectivity index (χ4v) is 2.49. The lowest BCUT2D eigenvalue weighted by Crippen LogP contribution is -2.41. The van der Waals surface area contributed by atoms with Crippen LogP contribution in [0.5, 0.6) is 0 Å². The summed E-state index contributed by atoms with van der Waals surface area (Å²) in [5, 5.41) is 0. The molecule has 2 aromatic rings. The minimum absolute atomic E-state index is 0.0478. The van der Waals surface area contributed by atoms with E-state index < -0.39 is 0 Å². The van der Waals surface area contributed by atoms with E-state index in [2.05, 4.69) is 29.0 Å². The molecule has 0 aliphatic rings. The van der Waals surface area contributed by atoms with Crippen molar-refractivity contribution in [2.75, 3.05) is 6.54 Å². The average molecular weight is 283 g/mol. The van der Waals surface area contributed by atoms with E-state index in [-0.39, 0.29) is 11.9 Å². The van der Waals surface area contributed by atoms with Crippen LogP contribution in [0.15, 0.2) is 48.9 Å². The molecule has 110 valence electrons. The number of likely N-dealkylation sites (N-methyl/N-ethyl adjacent to an activating group) is 1. The van der Waals surface area contributed by atoms with Gasteiger partial charge < -0.3 is 4.90 Å². The minimum Gasteiger partial charge on any atom is -0.334 e. The number of hydrogen-bond acceptors (Lipinski definition) is 3. The highest BCUT2D eigenvalue weighted by molar-refractivity contribution is 5.92. The molecule has 2 rings (SSSR count). The number of carbonyl (C=O) groups excluding carboxylic acids is 1. The highest BCUT2D eigenvalue weighted by Crippen LogP contribution is 2.14. The zero-order valence-electron chi connectivity index (χ0n) is 12.6. The molecule has 21 heavy (non-hydrogen) atoms. The first-order valence-electron chi connectivity index (χ1n) is 7.37. The van der Waals surface area contributed by atoms with Gasteiger partial charge in [0.2, 0.25) is 0 Å². The molecule has 0 saturated heterocycles. The molecule has 1 atom stereocenters. The number of rotatable bonds is 6. The fourth-order valence-electron chi connectivity index (χ4n) is 2.49. The smallest absolute Gasteiger partial charge is 0.274 e. The van der Waals surface area contributed by atoms with Crippen molar-refractivity contribution in [2.24, 2.45) is 0 Å². The molecule has 1 aromatic carbocycles. The predicted octanol–water partition coefficient (Wildman–Crippen LogP) is 2.96. The van der Waals surface area contributed by atoms with E-state index in [0.717, 1.165) is 12.8 Å². The van der Waals surface area contributed by atoms with E-state index in [1.807, 2.05) is 30.0 Å². The predicted molar refractivity (Wildman–Crippen MR) is 83.0 cm³/mol. The molecule has 0 fully saturated rings. The molecule has 4 nitrogen and oxygen atoms in total. The fraction of sp³-hybridized carbons (Fsp3) is 0.353. The number of benzene rings is 1. The summed E-state index contributed by atoms with van der Waals surface area (Å²) in [5.41, 5.74) is 1.65. The van der Waals surface area contributed by atoms with Gasteiger partial charge in [-0.25, -0.2) is 4.98 Å². The highest BCUT2D eigenvalue weighted by atomic mass is 16.2. The van der Waals surface area contributed by atoms with Crippen LogP contribution in [0.3, 0.4) is 0 Å². The summed E-state index contributed by atoms with van der Waals surface area (Å²) in [4.78, 5) is 22.6. The summed E-state index contributed by atoms with van der Waals surface area (Å²) in [6, 6.07) is 10.4. The molecular formula is C17H21N3O. The van der Waals surface area contributed by atoms with Gasteiger partial charge in [0.1, 0.15) is 5.69 Å². The normalized spacial score (nSPS) is 11.9. The SMILES string of the molecule is CCC(Cc1ccccc1)N(CC)C(=O)c1cnccn1. The molecule has 0 radical (unpaired) electrons. The molecule has 0 aliphatic carbocycles. The van der Waals surface area contributed by atoms with Gasteiger partial charge in [-0.2, -0.15) is 0 Å². The molecule has 1 heterocycles. The Labute approximate surface area is 125 Å². The first-order valence-corrected chi connectivity index (χ1v) is 7.37. The Morgan fingerprint density at radius 1 is 1.19 bits per heavy atom. The van der Waals surface area contributed by atoms with Gasteiger partial charge in [-0.15, -0.1) is 0 Å². The second kappa shape index (κ2) is 7.53. The Morgan fingerprint density at radius 3 is 2.52 bits per heavy atom. The van der Waals surface area contributed by atoms with Crippen LogP contribution in [-0.2, 0) is 6.42 Å². The number of hydrogen-bond donors (Lipinski definition) is 0. The minimum atomic E-state index is -0.0478. The van der Waals surface area contributed by atoms with Crippen LogP contribution in [0.2, 0.25) is 0 Å². The Kier molecular flexibility index (Phi) is 5.43. The zero-order valence-corrected chi connectivity index (χ0v) is 12.6. The third-order valence-electron chi connectivity index (χ3n) is 3.61. The lowest BCUT2D eigenvalue weighted by atomic mass is 10.0. The molecule has 0 spiro atoms. The third kappa shape index (κ3) is 3.88. The summed E-state index contributed by atoms with van der Waals surface area (Å²) in [5.74, 6) is -0.0478. The molecular weight excluding hydrogens is 262 g/mol. The van der Waals surface area contributed by atoms with E-state index in [0.29, 0.717) is 12.2 Å². The standard InChI is InChI=1S/C17H21N3O/c1-3-15(12-14-8-6-5-7-9-14)20(4-2)17(21)16-13-18-10-11-19-16/h5-11,13,15H,3-4,12H2,1-2H3. The van der Waals surface area contributed by atoms with Crippen LogP contribution in [-0.4, -0.2) is 33.4 Å². The lowest BCUT2D eigenvalue weighted by Gasteiger charge is -2.30. The number of carbonyl (C=O) groups is 1. The van der Waals surface area contributed by atoms with Gasteiger partial charge in [0.15, 0.2) is 0 Å². The van der Waals surface area contributed by atoms with Crippen molar-refractivity contribution in [3.8, 4) is 0 Å². The summed E-state index contributed by atoms with van der Waals surface area (Å²) >= 11 is 0. The number of amides is 1. The Morgan fingerprint density at radius 2 is 1.95 bits per heavy atom. The van der Waals surface area contributed by atoms with Gasteiger partial charge in [-0.1, -0.05) is 37.3 Å². The Bertz CT molecular complexity index is 557. The van der Waals surface area contributed by atoms with Crippen molar-refractivity contribution in [3.05, 3.63) is 60.2 Å². The van der Waals surface area contributed by atoms with Crippen molar-refractivity contribution in [1.82, 2.24) is 14.9 Å². The largest absolute Gasteiger partial charge is 0.334 e. The molecule has 0 saturated carbocycles. The van der Waals surface area contributed by atoms with Crippen LogP contribution in [0, 0.1) is 0 Å². The van der Waals surface area contributed by atoms with Crippen molar-refractivity contribution in [2.45, 2.75) is 32.7 Å². The molecule has 1 aromatic heterocycles. The number of nitrogens with zero attached hydrogens (tertiary/aromatic N) is 3. The van der Waals surface area contributed by atoms with Gasteiger partial charge in [0.25, 0.3) is 5.91 Å². The maximum absolute atomic E-state index is 12.6. The Balaban J connectivity index is 2.16. The highest BCUT2D eigenvalue weighted by Gasteiger charge is 2.23.